The van der Waals surface area contributed by atoms with Crippen molar-refractivity contribution >= 4 is 11.8 Å². The Bertz CT molecular complexity index is 485. The van der Waals surface area contributed by atoms with Gasteiger partial charge in [-0.05, 0) is 18.6 Å². The van der Waals surface area contributed by atoms with E-state index in [1.54, 1.807) is 18.3 Å². The first-order valence-corrected chi connectivity index (χ1v) is 6.41. The lowest BCUT2D eigenvalue weighted by molar-refractivity contribution is -0.161. The van der Waals surface area contributed by atoms with Crippen LogP contribution in [0.4, 0.5) is 5.82 Å². The second-order valence-electron chi connectivity index (χ2n) is 4.81. The third kappa shape index (κ3) is 2.29. The molecule has 3 rings (SSSR count). The molecule has 19 heavy (non-hydrogen) atoms. The summed E-state index contributed by atoms with van der Waals surface area (Å²) in [6.45, 7) is 2.50. The van der Waals surface area contributed by atoms with Crippen LogP contribution in [0.15, 0.2) is 18.3 Å². The summed E-state index contributed by atoms with van der Waals surface area (Å²) in [5.41, 5.74) is 0.220. The molecule has 2 aliphatic rings. The van der Waals surface area contributed by atoms with Crippen molar-refractivity contribution in [3.63, 3.8) is 0 Å². The van der Waals surface area contributed by atoms with E-state index in [0.717, 1.165) is 19.4 Å². The smallest absolute Gasteiger partial charge is 0.339 e. The fraction of sp³-hybridized carbons (Fsp3) is 0.538. The Labute approximate surface area is 111 Å². The minimum absolute atomic E-state index is 0.220. The van der Waals surface area contributed by atoms with Crippen molar-refractivity contribution < 1.29 is 19.4 Å². The quantitative estimate of drug-likeness (QED) is 0.863. The summed E-state index contributed by atoms with van der Waals surface area (Å²) in [7, 11) is 0. The van der Waals surface area contributed by atoms with E-state index in [2.05, 4.69) is 4.98 Å². The average Bonchev–Trinajstić information content (AvgIpc) is 2.86. The number of pyridine rings is 1. The molecule has 6 heteroatoms. The molecule has 1 aromatic rings. The van der Waals surface area contributed by atoms with Crippen molar-refractivity contribution in [2.24, 2.45) is 0 Å². The van der Waals surface area contributed by atoms with Crippen LogP contribution in [0.2, 0.25) is 0 Å². The molecule has 3 heterocycles. The molecule has 2 saturated heterocycles. The highest BCUT2D eigenvalue weighted by Gasteiger charge is 2.41. The largest absolute Gasteiger partial charge is 0.478 e. The number of aromatic carboxylic acids is 1. The van der Waals surface area contributed by atoms with Crippen LogP contribution in [-0.4, -0.2) is 48.2 Å². The van der Waals surface area contributed by atoms with Gasteiger partial charge in [0.15, 0.2) is 5.79 Å². The lowest BCUT2D eigenvalue weighted by Crippen LogP contribution is -2.49. The fourth-order valence-corrected chi connectivity index (χ4v) is 2.72. The van der Waals surface area contributed by atoms with Crippen molar-refractivity contribution in [3.8, 4) is 0 Å². The number of nitrogens with zero attached hydrogens (tertiary/aromatic N) is 2. The Balaban J connectivity index is 1.87. The van der Waals surface area contributed by atoms with Gasteiger partial charge in [0, 0.05) is 19.2 Å². The summed E-state index contributed by atoms with van der Waals surface area (Å²) in [4.78, 5) is 17.4. The van der Waals surface area contributed by atoms with Crippen molar-refractivity contribution in [2.45, 2.75) is 18.6 Å². The van der Waals surface area contributed by atoms with Crippen molar-refractivity contribution in [2.75, 3.05) is 31.2 Å². The predicted octanol–water partition coefficient (Wildman–Crippen LogP) is 1.12. The van der Waals surface area contributed by atoms with Gasteiger partial charge in [-0.25, -0.2) is 9.78 Å². The number of piperidine rings is 1. The zero-order valence-corrected chi connectivity index (χ0v) is 10.5. The van der Waals surface area contributed by atoms with Crippen LogP contribution in [0, 0.1) is 0 Å². The Hall–Kier alpha value is -1.66. The summed E-state index contributed by atoms with van der Waals surface area (Å²) in [5, 5.41) is 9.22. The Kier molecular flexibility index (Phi) is 3.12. The number of hydrogen-bond donors (Lipinski definition) is 1. The molecule has 0 aromatic carbocycles. The van der Waals surface area contributed by atoms with Crippen LogP contribution in [0.1, 0.15) is 23.2 Å². The molecule has 0 amide bonds. The van der Waals surface area contributed by atoms with Crippen LogP contribution in [0.5, 0.6) is 0 Å². The third-order valence-corrected chi connectivity index (χ3v) is 3.55. The van der Waals surface area contributed by atoms with E-state index in [9.17, 15) is 9.90 Å². The summed E-state index contributed by atoms with van der Waals surface area (Å²) in [6, 6.07) is 3.21. The van der Waals surface area contributed by atoms with Crippen LogP contribution in [0.3, 0.4) is 0 Å². The van der Waals surface area contributed by atoms with Gasteiger partial charge in [-0.3, -0.25) is 0 Å². The second-order valence-corrected chi connectivity index (χ2v) is 4.81. The standard InChI is InChI=1S/C13H16N2O4/c16-12(17)10-3-1-5-14-11(10)15-6-2-4-13(9-15)18-7-8-19-13/h1,3,5H,2,4,6-9H2,(H,16,17). The molecule has 0 saturated carbocycles. The molecule has 1 N–H and O–H groups in total. The Morgan fingerprint density at radius 3 is 2.95 bits per heavy atom. The minimum atomic E-state index is -0.962. The monoisotopic (exact) mass is 264 g/mol. The summed E-state index contributed by atoms with van der Waals surface area (Å²) < 4.78 is 11.4. The van der Waals surface area contributed by atoms with Crippen LogP contribution in [0.25, 0.3) is 0 Å². The molecular weight excluding hydrogens is 248 g/mol. The van der Waals surface area contributed by atoms with Gasteiger partial charge in [0.1, 0.15) is 11.4 Å². The first-order chi connectivity index (χ1) is 9.20. The minimum Gasteiger partial charge on any atom is -0.478 e. The van der Waals surface area contributed by atoms with E-state index < -0.39 is 11.8 Å². The SMILES string of the molecule is O=C(O)c1cccnc1N1CCCC2(C1)OCCO2. The molecule has 1 spiro atoms. The van der Waals surface area contributed by atoms with Crippen molar-refractivity contribution in [3.05, 3.63) is 23.9 Å². The number of aromatic nitrogens is 1. The molecule has 2 aliphatic heterocycles. The van der Waals surface area contributed by atoms with E-state index in [4.69, 9.17) is 9.47 Å². The van der Waals surface area contributed by atoms with Gasteiger partial charge in [0.05, 0.1) is 19.8 Å². The van der Waals surface area contributed by atoms with Crippen LogP contribution in [-0.2, 0) is 9.47 Å². The third-order valence-electron chi connectivity index (χ3n) is 3.55. The molecule has 1 aromatic heterocycles. The fourth-order valence-electron chi connectivity index (χ4n) is 2.72. The van der Waals surface area contributed by atoms with Crippen molar-refractivity contribution in [1.82, 2.24) is 4.98 Å². The molecule has 0 radical (unpaired) electrons. The maximum atomic E-state index is 11.2. The average molecular weight is 264 g/mol. The number of hydrogen-bond acceptors (Lipinski definition) is 5. The zero-order valence-electron chi connectivity index (χ0n) is 10.5. The summed E-state index contributed by atoms with van der Waals surface area (Å²) in [6.07, 6.45) is 3.35. The van der Waals surface area contributed by atoms with Gasteiger partial charge in [0.25, 0.3) is 0 Å². The number of carboxylic acids is 1. The molecule has 102 valence electrons. The number of rotatable bonds is 2. The number of ether oxygens (including phenoxy) is 2. The Morgan fingerprint density at radius 1 is 1.42 bits per heavy atom. The summed E-state index contributed by atoms with van der Waals surface area (Å²) >= 11 is 0. The molecule has 0 atom stereocenters. The predicted molar refractivity (Wildman–Crippen MR) is 67.3 cm³/mol. The van der Waals surface area contributed by atoms with Gasteiger partial charge >= 0.3 is 5.97 Å². The van der Waals surface area contributed by atoms with E-state index in [1.165, 1.54) is 0 Å². The van der Waals surface area contributed by atoms with Crippen molar-refractivity contribution in [1.29, 1.82) is 0 Å². The van der Waals surface area contributed by atoms with Gasteiger partial charge in [-0.15, -0.1) is 0 Å². The highest BCUT2D eigenvalue weighted by molar-refractivity contribution is 5.93. The molecular formula is C13H16N2O4. The van der Waals surface area contributed by atoms with E-state index in [1.807, 2.05) is 4.90 Å². The van der Waals surface area contributed by atoms with Gasteiger partial charge in [0.2, 0.25) is 0 Å². The summed E-state index contributed by atoms with van der Waals surface area (Å²) in [5.74, 6) is -1.05. The van der Waals surface area contributed by atoms with Crippen LogP contribution < -0.4 is 4.90 Å². The highest BCUT2D eigenvalue weighted by atomic mass is 16.7. The van der Waals surface area contributed by atoms with Crippen LogP contribution >= 0.6 is 0 Å². The highest BCUT2D eigenvalue weighted by Crippen LogP contribution is 2.32. The lowest BCUT2D eigenvalue weighted by atomic mass is 10.0. The Morgan fingerprint density at radius 2 is 2.21 bits per heavy atom. The first-order valence-electron chi connectivity index (χ1n) is 6.41. The van der Waals surface area contributed by atoms with Gasteiger partial charge < -0.3 is 19.5 Å². The normalized spacial score (nSPS) is 21.8. The molecule has 0 unspecified atom stereocenters. The first kappa shape index (κ1) is 12.4. The topological polar surface area (TPSA) is 71.9 Å². The molecule has 6 nitrogen and oxygen atoms in total. The van der Waals surface area contributed by atoms with E-state index in [0.29, 0.717) is 25.6 Å². The van der Waals surface area contributed by atoms with Gasteiger partial charge in [-0.2, -0.15) is 0 Å². The van der Waals surface area contributed by atoms with E-state index >= 15 is 0 Å². The van der Waals surface area contributed by atoms with E-state index in [-0.39, 0.29) is 5.56 Å². The molecule has 0 bridgehead atoms. The second kappa shape index (κ2) is 4.79. The molecule has 2 fully saturated rings. The van der Waals surface area contributed by atoms with Gasteiger partial charge in [-0.1, -0.05) is 0 Å². The number of carboxylic acid groups (broad SMARTS) is 1. The number of carbonyl (C=O) groups is 1. The zero-order chi connectivity index (χ0) is 13.3. The maximum absolute atomic E-state index is 11.2. The molecule has 0 aliphatic carbocycles. The number of anilines is 1. The lowest BCUT2D eigenvalue weighted by Gasteiger charge is -2.39. The maximum Gasteiger partial charge on any atom is 0.339 e.